The first kappa shape index (κ1) is 28.6. The summed E-state index contributed by atoms with van der Waals surface area (Å²) in [6.07, 6.45) is 6.45. The van der Waals surface area contributed by atoms with Crippen LogP contribution >= 0.6 is 11.3 Å². The Hall–Kier alpha value is -5.38. The van der Waals surface area contributed by atoms with E-state index >= 15 is 0 Å². The van der Waals surface area contributed by atoms with Crippen molar-refractivity contribution in [2.75, 3.05) is 4.90 Å². The summed E-state index contributed by atoms with van der Waals surface area (Å²) in [5.41, 5.74) is 9.35. The molecule has 0 N–H and O–H groups in total. The van der Waals surface area contributed by atoms with E-state index in [0.29, 0.717) is 5.92 Å². The van der Waals surface area contributed by atoms with E-state index in [2.05, 4.69) is 150 Å². The highest BCUT2D eigenvalue weighted by Crippen LogP contribution is 2.50. The number of rotatable bonds is 5. The average molecular weight is 650 g/mol. The van der Waals surface area contributed by atoms with Gasteiger partial charge in [-0.25, -0.2) is 0 Å². The number of furan rings is 1. The Morgan fingerprint density at radius 3 is 2.06 bits per heavy atom. The van der Waals surface area contributed by atoms with Crippen LogP contribution in [0.15, 0.2) is 150 Å². The zero-order valence-corrected chi connectivity index (χ0v) is 28.0. The second kappa shape index (κ2) is 11.6. The number of hydrogen-bond donors (Lipinski definition) is 0. The molecule has 10 rings (SSSR count). The Kier molecular flexibility index (Phi) is 6.80. The molecule has 0 amide bonds. The largest absolute Gasteiger partial charge is 0.455 e. The van der Waals surface area contributed by atoms with Crippen LogP contribution in [-0.4, -0.2) is 0 Å². The molecule has 0 unspecified atom stereocenters. The standard InChI is InChI=1S/C46H35NOS/c1-3-13-30(14-4-1)31-25-27-33(28-26-31)47(40-22-11-21-38-36-18-9-10-24-43(36)49-46(38)40)41-29-39-44-34(32-15-5-2-6-16-32)20-12-23-42(44)48-45(39)37-19-8-7-17-35(37)41/h1,3-4,7-14,17-29,32H,2,5-6,15-16H2. The third-order valence-electron chi connectivity index (χ3n) is 10.7. The van der Waals surface area contributed by atoms with Crippen molar-refractivity contribution < 1.29 is 4.42 Å². The molecular weight excluding hydrogens is 615 g/mol. The predicted octanol–water partition coefficient (Wildman–Crippen LogP) is 14.3. The molecule has 3 heteroatoms. The number of thiophene rings is 1. The van der Waals surface area contributed by atoms with Gasteiger partial charge in [-0.15, -0.1) is 11.3 Å². The number of nitrogens with zero attached hydrogens (tertiary/aromatic N) is 1. The van der Waals surface area contributed by atoms with Crippen molar-refractivity contribution in [3.8, 4) is 11.1 Å². The monoisotopic (exact) mass is 649 g/mol. The van der Waals surface area contributed by atoms with Crippen molar-refractivity contribution >= 4 is 81.3 Å². The molecule has 0 bridgehead atoms. The van der Waals surface area contributed by atoms with Crippen LogP contribution in [-0.2, 0) is 0 Å². The molecule has 1 aliphatic rings. The van der Waals surface area contributed by atoms with Crippen LogP contribution in [0.25, 0.3) is 64.0 Å². The van der Waals surface area contributed by atoms with Crippen molar-refractivity contribution in [2.24, 2.45) is 0 Å². The van der Waals surface area contributed by atoms with Crippen LogP contribution in [0.2, 0.25) is 0 Å². The molecule has 0 aliphatic heterocycles. The van der Waals surface area contributed by atoms with Gasteiger partial charge in [-0.1, -0.05) is 128 Å². The van der Waals surface area contributed by atoms with E-state index in [-0.39, 0.29) is 0 Å². The highest BCUT2D eigenvalue weighted by Gasteiger charge is 2.25. The van der Waals surface area contributed by atoms with Crippen LogP contribution in [0.4, 0.5) is 17.1 Å². The van der Waals surface area contributed by atoms with Gasteiger partial charge < -0.3 is 9.32 Å². The van der Waals surface area contributed by atoms with E-state index in [4.69, 9.17) is 4.42 Å². The maximum atomic E-state index is 6.80. The zero-order chi connectivity index (χ0) is 32.3. The molecule has 0 saturated heterocycles. The van der Waals surface area contributed by atoms with Gasteiger partial charge in [0.25, 0.3) is 0 Å². The van der Waals surface area contributed by atoms with E-state index in [1.165, 1.54) is 96.5 Å². The lowest BCUT2D eigenvalue weighted by Crippen LogP contribution is -2.11. The fourth-order valence-electron chi connectivity index (χ4n) is 8.35. The normalized spacial score (nSPS) is 14.0. The van der Waals surface area contributed by atoms with E-state index in [1.807, 2.05) is 11.3 Å². The number of anilines is 3. The van der Waals surface area contributed by atoms with Gasteiger partial charge in [0.1, 0.15) is 11.2 Å². The highest BCUT2D eigenvalue weighted by molar-refractivity contribution is 7.26. The Labute approximate surface area is 289 Å². The molecule has 2 nitrogen and oxygen atoms in total. The van der Waals surface area contributed by atoms with Crippen molar-refractivity contribution in [1.29, 1.82) is 0 Å². The molecule has 9 aromatic rings. The summed E-state index contributed by atoms with van der Waals surface area (Å²) >= 11 is 1.88. The van der Waals surface area contributed by atoms with Crippen LogP contribution in [0.3, 0.4) is 0 Å². The second-order valence-electron chi connectivity index (χ2n) is 13.5. The quantitative estimate of drug-likeness (QED) is 0.184. The summed E-state index contributed by atoms with van der Waals surface area (Å²) in [4.78, 5) is 2.50. The van der Waals surface area contributed by atoms with Crippen LogP contribution in [0.5, 0.6) is 0 Å². The molecule has 0 atom stereocenters. The van der Waals surface area contributed by atoms with E-state index < -0.39 is 0 Å². The van der Waals surface area contributed by atoms with Gasteiger partial charge in [0.15, 0.2) is 0 Å². The lowest BCUT2D eigenvalue weighted by Gasteiger charge is -2.28. The van der Waals surface area contributed by atoms with Crippen molar-refractivity contribution in [3.63, 3.8) is 0 Å². The topological polar surface area (TPSA) is 16.4 Å². The van der Waals surface area contributed by atoms with Gasteiger partial charge in [-0.3, -0.25) is 0 Å². The molecule has 1 saturated carbocycles. The zero-order valence-electron chi connectivity index (χ0n) is 27.2. The lowest BCUT2D eigenvalue weighted by molar-refractivity contribution is 0.445. The van der Waals surface area contributed by atoms with Gasteiger partial charge in [-0.2, -0.15) is 0 Å². The molecule has 2 aromatic heterocycles. The third-order valence-corrected chi connectivity index (χ3v) is 11.9. The summed E-state index contributed by atoms with van der Waals surface area (Å²) in [5, 5.41) is 7.42. The number of hydrogen-bond acceptors (Lipinski definition) is 3. The minimum absolute atomic E-state index is 0.571. The minimum atomic E-state index is 0.571. The SMILES string of the molecule is c1ccc(-c2ccc(N(c3cc4c(oc5cccc(C6CCCCC6)c54)c4ccccc34)c3cccc4c3sc3ccccc34)cc2)cc1. The maximum Gasteiger partial charge on any atom is 0.143 e. The smallest absolute Gasteiger partial charge is 0.143 e. The molecule has 1 fully saturated rings. The summed E-state index contributed by atoms with van der Waals surface area (Å²) in [5.74, 6) is 0.571. The molecule has 49 heavy (non-hydrogen) atoms. The van der Waals surface area contributed by atoms with Gasteiger partial charge in [-0.05, 0) is 71.8 Å². The van der Waals surface area contributed by atoms with Crippen LogP contribution in [0.1, 0.15) is 43.6 Å². The van der Waals surface area contributed by atoms with E-state index in [0.717, 1.165) is 22.2 Å². The first-order valence-corrected chi connectivity index (χ1v) is 18.4. The first-order valence-electron chi connectivity index (χ1n) is 17.5. The van der Waals surface area contributed by atoms with E-state index in [9.17, 15) is 0 Å². The molecular formula is C46H35NOS. The summed E-state index contributed by atoms with van der Waals surface area (Å²) in [6, 6.07) is 53.3. The van der Waals surface area contributed by atoms with Crippen molar-refractivity contribution in [3.05, 3.63) is 151 Å². The molecule has 1 aliphatic carbocycles. The average Bonchev–Trinajstić information content (AvgIpc) is 3.75. The number of fused-ring (bicyclic) bond motifs is 8. The molecule has 2 heterocycles. The van der Waals surface area contributed by atoms with Crippen molar-refractivity contribution in [2.45, 2.75) is 38.0 Å². The fraction of sp³-hybridized carbons (Fsp3) is 0.130. The Morgan fingerprint density at radius 2 is 1.22 bits per heavy atom. The predicted molar refractivity (Wildman–Crippen MR) is 210 cm³/mol. The fourth-order valence-corrected chi connectivity index (χ4v) is 9.55. The Balaban J connectivity index is 1.28. The summed E-state index contributed by atoms with van der Waals surface area (Å²) in [6.45, 7) is 0. The Bertz CT molecular complexity index is 2640. The van der Waals surface area contributed by atoms with Gasteiger partial charge >= 0.3 is 0 Å². The minimum Gasteiger partial charge on any atom is -0.455 e. The molecule has 236 valence electrons. The Morgan fingerprint density at radius 1 is 0.531 bits per heavy atom. The molecule has 0 radical (unpaired) electrons. The third kappa shape index (κ3) is 4.68. The lowest BCUT2D eigenvalue weighted by atomic mass is 9.82. The maximum absolute atomic E-state index is 6.80. The van der Waals surface area contributed by atoms with Crippen molar-refractivity contribution in [1.82, 2.24) is 0 Å². The molecule has 7 aromatic carbocycles. The van der Waals surface area contributed by atoms with Gasteiger partial charge in [0.2, 0.25) is 0 Å². The number of benzene rings is 7. The van der Waals surface area contributed by atoms with Crippen LogP contribution < -0.4 is 4.90 Å². The van der Waals surface area contributed by atoms with Gasteiger partial charge in [0, 0.05) is 42.7 Å². The highest BCUT2D eigenvalue weighted by atomic mass is 32.1. The summed E-state index contributed by atoms with van der Waals surface area (Å²) < 4.78 is 9.40. The molecule has 0 spiro atoms. The summed E-state index contributed by atoms with van der Waals surface area (Å²) in [7, 11) is 0. The van der Waals surface area contributed by atoms with Crippen LogP contribution in [0, 0.1) is 0 Å². The van der Waals surface area contributed by atoms with E-state index in [1.54, 1.807) is 0 Å². The first-order chi connectivity index (χ1) is 24.3. The second-order valence-corrected chi connectivity index (χ2v) is 14.5. The van der Waals surface area contributed by atoms with Gasteiger partial charge in [0.05, 0.1) is 16.1 Å².